The molecule has 4 N–H and O–H groups in total. The standard InChI is InChI=1S/C16H17N3O2/c17-14-6-12-8-19(9-13(12)7-15(14)18)16(20)21-10-11-4-2-1-3-5-11/h1-7H,8-10,17-18H2. The summed E-state index contributed by atoms with van der Waals surface area (Å²) in [5.74, 6) is 0. The second kappa shape index (κ2) is 5.36. The number of amides is 1. The molecule has 0 fully saturated rings. The van der Waals surface area contributed by atoms with Crippen molar-refractivity contribution in [3.63, 3.8) is 0 Å². The molecule has 0 bridgehead atoms. The molecular weight excluding hydrogens is 266 g/mol. The minimum absolute atomic E-state index is 0.275. The number of benzene rings is 2. The molecule has 0 saturated carbocycles. The van der Waals surface area contributed by atoms with Gasteiger partial charge in [0.25, 0.3) is 0 Å². The Morgan fingerprint density at radius 2 is 1.62 bits per heavy atom. The number of hydrogen-bond donors (Lipinski definition) is 2. The third-order valence-electron chi connectivity index (χ3n) is 3.59. The number of anilines is 2. The van der Waals surface area contributed by atoms with Crippen molar-refractivity contribution in [2.24, 2.45) is 0 Å². The molecule has 1 amide bonds. The zero-order chi connectivity index (χ0) is 14.8. The van der Waals surface area contributed by atoms with Crippen molar-refractivity contribution in [2.45, 2.75) is 19.7 Å². The van der Waals surface area contributed by atoms with E-state index in [9.17, 15) is 4.79 Å². The van der Waals surface area contributed by atoms with Crippen LogP contribution in [0.15, 0.2) is 42.5 Å². The summed E-state index contributed by atoms with van der Waals surface area (Å²) >= 11 is 0. The Balaban J connectivity index is 1.63. The summed E-state index contributed by atoms with van der Waals surface area (Å²) in [4.78, 5) is 13.7. The third kappa shape index (κ3) is 2.76. The Labute approximate surface area is 123 Å². The summed E-state index contributed by atoms with van der Waals surface area (Å²) < 4.78 is 5.33. The molecule has 0 aliphatic carbocycles. The van der Waals surface area contributed by atoms with Crippen LogP contribution in [0.2, 0.25) is 0 Å². The highest BCUT2D eigenvalue weighted by molar-refractivity contribution is 5.71. The van der Waals surface area contributed by atoms with Gasteiger partial charge in [-0.3, -0.25) is 4.90 Å². The largest absolute Gasteiger partial charge is 0.445 e. The normalized spacial score (nSPS) is 13.0. The van der Waals surface area contributed by atoms with Crippen LogP contribution in [0.1, 0.15) is 16.7 Å². The van der Waals surface area contributed by atoms with E-state index in [2.05, 4.69) is 0 Å². The van der Waals surface area contributed by atoms with Crippen LogP contribution in [0.3, 0.4) is 0 Å². The summed E-state index contributed by atoms with van der Waals surface area (Å²) in [5.41, 5.74) is 15.7. The first-order valence-electron chi connectivity index (χ1n) is 6.76. The van der Waals surface area contributed by atoms with Crippen LogP contribution in [0.4, 0.5) is 16.2 Å². The summed E-state index contributed by atoms with van der Waals surface area (Å²) in [5, 5.41) is 0. The monoisotopic (exact) mass is 283 g/mol. The minimum Gasteiger partial charge on any atom is -0.445 e. The van der Waals surface area contributed by atoms with Gasteiger partial charge in [-0.1, -0.05) is 30.3 Å². The zero-order valence-corrected chi connectivity index (χ0v) is 11.6. The molecule has 0 radical (unpaired) electrons. The van der Waals surface area contributed by atoms with Crippen molar-refractivity contribution in [2.75, 3.05) is 11.5 Å². The Morgan fingerprint density at radius 1 is 1.05 bits per heavy atom. The summed E-state index contributed by atoms with van der Waals surface area (Å²) in [7, 11) is 0. The summed E-state index contributed by atoms with van der Waals surface area (Å²) in [6, 6.07) is 13.3. The summed E-state index contributed by atoms with van der Waals surface area (Å²) in [6.07, 6.45) is -0.327. The Morgan fingerprint density at radius 3 is 2.19 bits per heavy atom. The number of nitrogens with two attached hydrogens (primary N) is 2. The van der Waals surface area contributed by atoms with E-state index >= 15 is 0 Å². The first kappa shape index (κ1) is 13.3. The molecular formula is C16H17N3O2. The lowest BCUT2D eigenvalue weighted by Crippen LogP contribution is -2.25. The van der Waals surface area contributed by atoms with Gasteiger partial charge in [-0.2, -0.15) is 0 Å². The number of nitrogen functional groups attached to an aromatic ring is 2. The zero-order valence-electron chi connectivity index (χ0n) is 11.6. The number of carbonyl (C=O) groups is 1. The fraction of sp³-hybridized carbons (Fsp3) is 0.188. The highest BCUT2D eigenvalue weighted by Gasteiger charge is 2.25. The van der Waals surface area contributed by atoms with Crippen molar-refractivity contribution >= 4 is 17.5 Å². The SMILES string of the molecule is Nc1cc2c(cc1N)CN(C(=O)OCc1ccccc1)C2. The molecule has 0 spiro atoms. The molecule has 3 rings (SSSR count). The molecule has 1 aliphatic heterocycles. The van der Waals surface area contributed by atoms with E-state index in [1.807, 2.05) is 42.5 Å². The van der Waals surface area contributed by atoms with Crippen molar-refractivity contribution in [3.05, 3.63) is 59.2 Å². The Kier molecular flexibility index (Phi) is 3.39. The first-order chi connectivity index (χ1) is 10.1. The molecule has 108 valence electrons. The molecule has 5 nitrogen and oxygen atoms in total. The van der Waals surface area contributed by atoms with Crippen molar-refractivity contribution in [1.29, 1.82) is 0 Å². The second-order valence-electron chi connectivity index (χ2n) is 5.15. The molecule has 0 aromatic heterocycles. The van der Waals surface area contributed by atoms with Gasteiger partial charge in [0.15, 0.2) is 0 Å². The number of rotatable bonds is 2. The fourth-order valence-corrected chi connectivity index (χ4v) is 2.43. The van der Waals surface area contributed by atoms with E-state index in [1.54, 1.807) is 4.90 Å². The molecule has 1 heterocycles. The Hall–Kier alpha value is -2.69. The van der Waals surface area contributed by atoms with Crippen LogP contribution < -0.4 is 11.5 Å². The van der Waals surface area contributed by atoms with Gasteiger partial charge >= 0.3 is 6.09 Å². The maximum atomic E-state index is 12.1. The molecule has 0 saturated heterocycles. The maximum absolute atomic E-state index is 12.1. The van der Waals surface area contributed by atoms with E-state index in [0.29, 0.717) is 24.5 Å². The van der Waals surface area contributed by atoms with Crippen LogP contribution in [0, 0.1) is 0 Å². The fourth-order valence-electron chi connectivity index (χ4n) is 2.43. The average molecular weight is 283 g/mol. The number of ether oxygens (including phenoxy) is 1. The first-order valence-corrected chi connectivity index (χ1v) is 6.76. The number of carbonyl (C=O) groups excluding carboxylic acids is 1. The van der Waals surface area contributed by atoms with Crippen molar-refractivity contribution < 1.29 is 9.53 Å². The molecule has 0 unspecified atom stereocenters. The van der Waals surface area contributed by atoms with Crippen LogP contribution in [-0.4, -0.2) is 11.0 Å². The van der Waals surface area contributed by atoms with Gasteiger partial charge in [0.1, 0.15) is 6.61 Å². The molecule has 5 heteroatoms. The molecule has 2 aromatic carbocycles. The lowest BCUT2D eigenvalue weighted by atomic mass is 10.1. The number of fused-ring (bicyclic) bond motifs is 1. The molecule has 2 aromatic rings. The molecule has 1 aliphatic rings. The van der Waals surface area contributed by atoms with Crippen LogP contribution in [0.25, 0.3) is 0 Å². The average Bonchev–Trinajstić information content (AvgIpc) is 2.89. The second-order valence-corrected chi connectivity index (χ2v) is 5.15. The van der Waals surface area contributed by atoms with Crippen molar-refractivity contribution in [3.8, 4) is 0 Å². The van der Waals surface area contributed by atoms with Gasteiger partial charge in [0.05, 0.1) is 11.4 Å². The van der Waals surface area contributed by atoms with Gasteiger partial charge in [-0.15, -0.1) is 0 Å². The number of nitrogens with zero attached hydrogens (tertiary/aromatic N) is 1. The van der Waals surface area contributed by atoms with E-state index in [1.165, 1.54) is 0 Å². The van der Waals surface area contributed by atoms with Gasteiger partial charge in [0.2, 0.25) is 0 Å². The quantitative estimate of drug-likeness (QED) is 0.830. The number of hydrogen-bond acceptors (Lipinski definition) is 4. The van der Waals surface area contributed by atoms with Crippen LogP contribution >= 0.6 is 0 Å². The van der Waals surface area contributed by atoms with Gasteiger partial charge in [-0.05, 0) is 28.8 Å². The van der Waals surface area contributed by atoms with Crippen LogP contribution in [0.5, 0.6) is 0 Å². The van der Waals surface area contributed by atoms with Gasteiger partial charge in [-0.25, -0.2) is 4.79 Å². The predicted octanol–water partition coefficient (Wildman–Crippen LogP) is 2.50. The third-order valence-corrected chi connectivity index (χ3v) is 3.59. The lowest BCUT2D eigenvalue weighted by molar-refractivity contribution is 0.0955. The van der Waals surface area contributed by atoms with Gasteiger partial charge < -0.3 is 16.2 Å². The van der Waals surface area contributed by atoms with E-state index < -0.39 is 0 Å². The highest BCUT2D eigenvalue weighted by Crippen LogP contribution is 2.29. The van der Waals surface area contributed by atoms with E-state index in [0.717, 1.165) is 16.7 Å². The molecule has 0 atom stereocenters. The maximum Gasteiger partial charge on any atom is 0.410 e. The Bertz CT molecular complexity index is 640. The molecule has 21 heavy (non-hydrogen) atoms. The lowest BCUT2D eigenvalue weighted by Gasteiger charge is -2.15. The highest BCUT2D eigenvalue weighted by atomic mass is 16.6. The van der Waals surface area contributed by atoms with E-state index in [-0.39, 0.29) is 12.7 Å². The topological polar surface area (TPSA) is 81.6 Å². The smallest absolute Gasteiger partial charge is 0.410 e. The predicted molar refractivity (Wildman–Crippen MR) is 81.1 cm³/mol. The van der Waals surface area contributed by atoms with Crippen molar-refractivity contribution in [1.82, 2.24) is 4.90 Å². The minimum atomic E-state index is -0.327. The summed E-state index contributed by atoms with van der Waals surface area (Å²) in [6.45, 7) is 1.29. The van der Waals surface area contributed by atoms with Crippen LogP contribution in [-0.2, 0) is 24.4 Å². The van der Waals surface area contributed by atoms with E-state index in [4.69, 9.17) is 16.2 Å². The van der Waals surface area contributed by atoms with Gasteiger partial charge in [0, 0.05) is 13.1 Å².